The van der Waals surface area contributed by atoms with Crippen LogP contribution in [0.4, 0.5) is 11.4 Å². The molecule has 0 fully saturated rings. The molecule has 7 heteroatoms. The minimum Gasteiger partial charge on any atom is -0.462 e. The number of thioether (sulfide) groups is 1. The number of anilines is 2. The van der Waals surface area contributed by atoms with E-state index in [4.69, 9.17) is 4.74 Å². The molecule has 1 aliphatic rings. The first-order valence-corrected chi connectivity index (χ1v) is 11.3. The van der Waals surface area contributed by atoms with E-state index in [-0.39, 0.29) is 12.3 Å². The van der Waals surface area contributed by atoms with Gasteiger partial charge in [-0.25, -0.2) is 9.69 Å². The van der Waals surface area contributed by atoms with Gasteiger partial charge in [0.2, 0.25) is 0 Å². The van der Waals surface area contributed by atoms with Gasteiger partial charge >= 0.3 is 5.97 Å². The van der Waals surface area contributed by atoms with Crippen LogP contribution in [0.25, 0.3) is 0 Å². The summed E-state index contributed by atoms with van der Waals surface area (Å²) in [5.74, 6) is -1.33. The smallest absolute Gasteiger partial charge is 0.338 e. The van der Waals surface area contributed by atoms with Crippen LogP contribution in [0.15, 0.2) is 94.4 Å². The number of amides is 2. The molecule has 0 spiro atoms. The number of aryl methyl sites for hydroxylation is 1. The Kier molecular flexibility index (Phi) is 6.60. The van der Waals surface area contributed by atoms with Crippen LogP contribution >= 0.6 is 11.8 Å². The molecule has 3 aromatic carbocycles. The fraction of sp³-hybridized carbons (Fsp3) is 0.115. The Bertz CT molecular complexity index is 1220. The molecule has 166 valence electrons. The van der Waals surface area contributed by atoms with Crippen LogP contribution < -0.4 is 10.2 Å². The Morgan fingerprint density at radius 2 is 1.58 bits per heavy atom. The Balaban J connectivity index is 1.67. The summed E-state index contributed by atoms with van der Waals surface area (Å²) in [5.41, 5.74) is 2.75. The number of carbonyl (C=O) groups is 3. The number of imide groups is 1. The standard InChI is InChI=1S/C26H22N2O4S/c1-3-32-26(31)18-11-13-20(14-12-18)28-24(29)22(27-19-7-5-4-6-8-19)23(25(28)30)33-21-15-9-17(2)10-16-21/h4-16,27H,3H2,1-2H3. The average Bonchev–Trinajstić information content (AvgIpc) is 3.05. The molecule has 0 aliphatic carbocycles. The van der Waals surface area contributed by atoms with Gasteiger partial charge in [0.05, 0.1) is 17.9 Å². The summed E-state index contributed by atoms with van der Waals surface area (Å²) in [6, 6.07) is 23.2. The van der Waals surface area contributed by atoms with Crippen molar-refractivity contribution in [2.24, 2.45) is 0 Å². The number of ether oxygens (including phenoxy) is 1. The SMILES string of the molecule is CCOC(=O)c1ccc(N2C(=O)C(Nc3ccccc3)=C(Sc3ccc(C)cc3)C2=O)cc1. The minimum absolute atomic E-state index is 0.214. The lowest BCUT2D eigenvalue weighted by Gasteiger charge is -2.15. The molecule has 0 radical (unpaired) electrons. The maximum Gasteiger partial charge on any atom is 0.338 e. The van der Waals surface area contributed by atoms with Crippen LogP contribution in [0.3, 0.4) is 0 Å². The minimum atomic E-state index is -0.456. The zero-order valence-corrected chi connectivity index (χ0v) is 19.0. The van der Waals surface area contributed by atoms with E-state index in [0.29, 0.717) is 21.8 Å². The second-order valence-corrected chi connectivity index (χ2v) is 8.41. The lowest BCUT2D eigenvalue weighted by Crippen LogP contribution is -2.32. The zero-order valence-electron chi connectivity index (χ0n) is 18.2. The molecule has 0 saturated heterocycles. The van der Waals surface area contributed by atoms with Gasteiger partial charge in [-0.15, -0.1) is 0 Å². The third-order valence-corrected chi connectivity index (χ3v) is 6.05. The molecule has 1 heterocycles. The predicted molar refractivity (Wildman–Crippen MR) is 129 cm³/mol. The highest BCUT2D eigenvalue weighted by Crippen LogP contribution is 2.38. The molecule has 0 bridgehead atoms. The third-order valence-electron chi connectivity index (χ3n) is 4.96. The number of nitrogens with one attached hydrogen (secondary N) is 1. The molecule has 1 aliphatic heterocycles. The average molecular weight is 459 g/mol. The van der Waals surface area contributed by atoms with Crippen LogP contribution in [-0.4, -0.2) is 24.4 Å². The molecular formula is C26H22N2O4S. The lowest BCUT2D eigenvalue weighted by atomic mass is 10.2. The van der Waals surface area contributed by atoms with E-state index in [1.165, 1.54) is 11.8 Å². The van der Waals surface area contributed by atoms with Crippen molar-refractivity contribution in [2.75, 3.05) is 16.8 Å². The van der Waals surface area contributed by atoms with Gasteiger partial charge in [0.1, 0.15) is 10.6 Å². The topological polar surface area (TPSA) is 75.7 Å². The normalized spacial score (nSPS) is 13.5. The molecular weight excluding hydrogens is 436 g/mol. The zero-order chi connectivity index (χ0) is 23.4. The summed E-state index contributed by atoms with van der Waals surface area (Å²) in [4.78, 5) is 41.0. The van der Waals surface area contributed by atoms with Crippen LogP contribution in [0, 0.1) is 6.92 Å². The van der Waals surface area contributed by atoms with E-state index in [2.05, 4.69) is 5.32 Å². The quantitative estimate of drug-likeness (QED) is 0.389. The van der Waals surface area contributed by atoms with Crippen LogP contribution in [0.5, 0.6) is 0 Å². The van der Waals surface area contributed by atoms with E-state index < -0.39 is 17.8 Å². The van der Waals surface area contributed by atoms with Gasteiger partial charge in [-0.05, 0) is 62.4 Å². The third kappa shape index (κ3) is 4.83. The number of benzene rings is 3. The van der Waals surface area contributed by atoms with E-state index in [1.54, 1.807) is 31.2 Å². The van der Waals surface area contributed by atoms with Crippen molar-refractivity contribution in [3.8, 4) is 0 Å². The summed E-state index contributed by atoms with van der Waals surface area (Å²) in [7, 11) is 0. The number of esters is 1. The Hall–Kier alpha value is -3.84. The summed E-state index contributed by atoms with van der Waals surface area (Å²) >= 11 is 1.24. The van der Waals surface area contributed by atoms with Crippen molar-refractivity contribution in [3.05, 3.63) is 101 Å². The van der Waals surface area contributed by atoms with E-state index in [1.807, 2.05) is 61.5 Å². The highest BCUT2D eigenvalue weighted by Gasteiger charge is 2.40. The first-order chi connectivity index (χ1) is 16.0. The molecule has 0 saturated carbocycles. The number of hydrogen-bond donors (Lipinski definition) is 1. The highest BCUT2D eigenvalue weighted by atomic mass is 32.2. The van der Waals surface area contributed by atoms with E-state index in [9.17, 15) is 14.4 Å². The molecule has 1 N–H and O–H groups in total. The largest absolute Gasteiger partial charge is 0.462 e. The van der Waals surface area contributed by atoms with Gasteiger partial charge in [-0.3, -0.25) is 9.59 Å². The van der Waals surface area contributed by atoms with Crippen molar-refractivity contribution in [2.45, 2.75) is 18.7 Å². The van der Waals surface area contributed by atoms with Gasteiger partial charge in [0.15, 0.2) is 0 Å². The van der Waals surface area contributed by atoms with Gasteiger partial charge in [-0.2, -0.15) is 0 Å². The summed E-state index contributed by atoms with van der Waals surface area (Å²) < 4.78 is 5.00. The van der Waals surface area contributed by atoms with Crippen LogP contribution in [0.1, 0.15) is 22.8 Å². The van der Waals surface area contributed by atoms with Crippen molar-refractivity contribution in [1.82, 2.24) is 0 Å². The van der Waals surface area contributed by atoms with Gasteiger partial charge in [0.25, 0.3) is 11.8 Å². The molecule has 0 atom stereocenters. The highest BCUT2D eigenvalue weighted by molar-refractivity contribution is 8.04. The van der Waals surface area contributed by atoms with Gasteiger partial charge in [0, 0.05) is 10.6 Å². The van der Waals surface area contributed by atoms with E-state index >= 15 is 0 Å². The Labute approximate surface area is 196 Å². The number of rotatable bonds is 7. The number of hydrogen-bond acceptors (Lipinski definition) is 6. The number of carbonyl (C=O) groups excluding carboxylic acids is 3. The first kappa shape index (κ1) is 22.4. The summed E-state index contributed by atoms with van der Waals surface area (Å²) in [6.07, 6.45) is 0. The first-order valence-electron chi connectivity index (χ1n) is 10.4. The number of nitrogens with zero attached hydrogens (tertiary/aromatic N) is 1. The molecule has 33 heavy (non-hydrogen) atoms. The molecule has 2 amide bonds. The second kappa shape index (κ2) is 9.75. The monoisotopic (exact) mass is 458 g/mol. The second-order valence-electron chi connectivity index (χ2n) is 7.32. The summed E-state index contributed by atoms with van der Waals surface area (Å²) in [5, 5.41) is 3.12. The van der Waals surface area contributed by atoms with Gasteiger partial charge < -0.3 is 10.1 Å². The predicted octanol–water partition coefficient (Wildman–Crippen LogP) is 5.16. The van der Waals surface area contributed by atoms with Crippen molar-refractivity contribution >= 4 is 40.9 Å². The maximum atomic E-state index is 13.4. The Morgan fingerprint density at radius 1 is 0.909 bits per heavy atom. The lowest BCUT2D eigenvalue weighted by molar-refractivity contribution is -0.120. The van der Waals surface area contributed by atoms with Crippen molar-refractivity contribution < 1.29 is 19.1 Å². The maximum absolute atomic E-state index is 13.4. The van der Waals surface area contributed by atoms with Crippen LogP contribution in [-0.2, 0) is 14.3 Å². The Morgan fingerprint density at radius 3 is 2.21 bits per heavy atom. The van der Waals surface area contributed by atoms with Crippen LogP contribution in [0.2, 0.25) is 0 Å². The summed E-state index contributed by atoms with van der Waals surface area (Å²) in [6.45, 7) is 3.98. The van der Waals surface area contributed by atoms with E-state index in [0.717, 1.165) is 15.4 Å². The van der Waals surface area contributed by atoms with Crippen molar-refractivity contribution in [1.29, 1.82) is 0 Å². The fourth-order valence-corrected chi connectivity index (χ4v) is 4.23. The molecule has 4 rings (SSSR count). The van der Waals surface area contributed by atoms with Gasteiger partial charge in [-0.1, -0.05) is 47.7 Å². The molecule has 0 unspecified atom stereocenters. The fourth-order valence-electron chi connectivity index (χ4n) is 3.30. The molecule has 6 nitrogen and oxygen atoms in total. The number of para-hydroxylation sites is 1. The molecule has 3 aromatic rings. The molecule has 0 aromatic heterocycles. The van der Waals surface area contributed by atoms with Crippen molar-refractivity contribution in [3.63, 3.8) is 0 Å².